The number of hydrogen-bond donors (Lipinski definition) is 1. The van der Waals surface area contributed by atoms with Crippen LogP contribution in [0.4, 0.5) is 0 Å². The highest BCUT2D eigenvalue weighted by Gasteiger charge is 2.28. The average molecular weight is 414 g/mol. The third kappa shape index (κ3) is 4.60. The molecule has 0 fully saturated rings. The lowest BCUT2D eigenvalue weighted by Crippen LogP contribution is -2.05. The van der Waals surface area contributed by atoms with Crippen molar-refractivity contribution in [1.29, 1.82) is 0 Å². The summed E-state index contributed by atoms with van der Waals surface area (Å²) in [6.45, 7) is 0.0313. The van der Waals surface area contributed by atoms with E-state index < -0.39 is 21.8 Å². The highest BCUT2D eigenvalue weighted by Crippen LogP contribution is 2.33. The summed E-state index contributed by atoms with van der Waals surface area (Å²) in [5.41, 5.74) is 2.31. The molecule has 0 bridgehead atoms. The third-order valence-electron chi connectivity index (χ3n) is 4.52. The second-order valence-electron chi connectivity index (χ2n) is 6.62. The molecule has 150 valence electrons. The summed E-state index contributed by atoms with van der Waals surface area (Å²) in [7, 11) is -3.34. The number of aliphatic carboxylic acids is 1. The Morgan fingerprint density at radius 3 is 2.34 bits per heavy atom. The number of ketones is 1. The number of carbonyl (C=O) groups excluding carboxylic acids is 2. The fourth-order valence-electron chi connectivity index (χ4n) is 3.04. The average Bonchev–Trinajstić information content (AvgIpc) is 3.07. The van der Waals surface area contributed by atoms with Gasteiger partial charge in [0.25, 0.3) is 0 Å². The minimum absolute atomic E-state index is 0.0313. The number of carboxylic acids is 1. The van der Waals surface area contributed by atoms with Crippen LogP contribution in [0, 0.1) is 0 Å². The Kier molecular flexibility index (Phi) is 5.65. The van der Waals surface area contributed by atoms with Gasteiger partial charge < -0.3 is 9.84 Å². The quantitative estimate of drug-likeness (QED) is 0.547. The maximum absolute atomic E-state index is 12.3. The van der Waals surface area contributed by atoms with Crippen molar-refractivity contribution in [1.82, 2.24) is 0 Å². The largest absolute Gasteiger partial charge is 0.481 e. The van der Waals surface area contributed by atoms with Crippen molar-refractivity contribution in [3.05, 3.63) is 65.2 Å². The fourth-order valence-corrected chi connectivity index (χ4v) is 3.67. The SMILES string of the molecule is CS(=O)(=O)c1ccc(C2=C(c3cccc(C(=O)CCC(=O)O)c3)C(=O)OC2)cc1. The molecule has 0 aromatic heterocycles. The first-order valence-electron chi connectivity index (χ1n) is 8.73. The molecule has 0 unspecified atom stereocenters. The number of esters is 1. The summed E-state index contributed by atoms with van der Waals surface area (Å²) in [5, 5.41) is 8.74. The number of carbonyl (C=O) groups is 3. The Morgan fingerprint density at radius 2 is 1.72 bits per heavy atom. The zero-order valence-corrected chi connectivity index (χ0v) is 16.4. The van der Waals surface area contributed by atoms with Crippen molar-refractivity contribution >= 4 is 38.7 Å². The minimum atomic E-state index is -3.34. The number of ether oxygens (including phenoxy) is 1. The van der Waals surface area contributed by atoms with Gasteiger partial charge in [0.05, 0.1) is 16.9 Å². The lowest BCUT2D eigenvalue weighted by molar-refractivity contribution is -0.137. The molecule has 2 aromatic rings. The van der Waals surface area contributed by atoms with E-state index in [-0.39, 0.29) is 30.1 Å². The van der Waals surface area contributed by atoms with Crippen LogP contribution in [-0.4, -0.2) is 44.1 Å². The topological polar surface area (TPSA) is 115 Å². The van der Waals surface area contributed by atoms with Gasteiger partial charge in [0.1, 0.15) is 6.61 Å². The minimum Gasteiger partial charge on any atom is -0.481 e. The summed E-state index contributed by atoms with van der Waals surface area (Å²) in [5.74, 6) is -1.93. The molecule has 8 heteroatoms. The number of carboxylic acid groups (broad SMARTS) is 1. The van der Waals surface area contributed by atoms with Crippen LogP contribution in [0.1, 0.15) is 34.3 Å². The van der Waals surface area contributed by atoms with Gasteiger partial charge in [0.15, 0.2) is 15.6 Å². The molecular weight excluding hydrogens is 396 g/mol. The Hall–Kier alpha value is -3.26. The molecule has 0 aliphatic carbocycles. The van der Waals surface area contributed by atoms with Gasteiger partial charge in [-0.05, 0) is 29.3 Å². The van der Waals surface area contributed by atoms with Crippen molar-refractivity contribution in [3.8, 4) is 0 Å². The molecule has 7 nitrogen and oxygen atoms in total. The zero-order valence-electron chi connectivity index (χ0n) is 15.5. The summed E-state index contributed by atoms with van der Waals surface area (Å²) < 4.78 is 28.5. The Bertz CT molecular complexity index is 1130. The number of Topliss-reactive ketones (excluding diaryl/α,β-unsaturated/α-hetero) is 1. The molecule has 3 rings (SSSR count). The van der Waals surface area contributed by atoms with Gasteiger partial charge in [-0.3, -0.25) is 9.59 Å². The molecule has 1 aliphatic heterocycles. The molecule has 29 heavy (non-hydrogen) atoms. The Labute approximate surface area is 167 Å². The first-order chi connectivity index (χ1) is 13.7. The van der Waals surface area contributed by atoms with Gasteiger partial charge >= 0.3 is 11.9 Å². The molecule has 0 spiro atoms. The van der Waals surface area contributed by atoms with Crippen molar-refractivity contribution in [2.45, 2.75) is 17.7 Å². The van der Waals surface area contributed by atoms with E-state index >= 15 is 0 Å². The van der Waals surface area contributed by atoms with Gasteiger partial charge in [0.2, 0.25) is 0 Å². The second kappa shape index (κ2) is 8.00. The second-order valence-corrected chi connectivity index (χ2v) is 8.64. The van der Waals surface area contributed by atoms with Crippen LogP contribution in [0.2, 0.25) is 0 Å². The highest BCUT2D eigenvalue weighted by molar-refractivity contribution is 7.90. The molecule has 0 saturated carbocycles. The monoisotopic (exact) mass is 414 g/mol. The normalized spacial score (nSPS) is 14.0. The lowest BCUT2D eigenvalue weighted by Gasteiger charge is -2.07. The number of rotatable bonds is 7. The number of hydrogen-bond acceptors (Lipinski definition) is 6. The summed E-state index contributed by atoms with van der Waals surface area (Å²) in [4.78, 5) is 35.4. The maximum Gasteiger partial charge on any atom is 0.339 e. The Balaban J connectivity index is 1.99. The number of cyclic esters (lactones) is 1. The van der Waals surface area contributed by atoms with Crippen molar-refractivity contribution in [2.75, 3.05) is 12.9 Å². The third-order valence-corrected chi connectivity index (χ3v) is 5.65. The van der Waals surface area contributed by atoms with E-state index in [2.05, 4.69) is 0 Å². The lowest BCUT2D eigenvalue weighted by atomic mass is 9.94. The van der Waals surface area contributed by atoms with Crippen LogP contribution >= 0.6 is 0 Å². The predicted molar refractivity (Wildman–Crippen MR) is 105 cm³/mol. The number of sulfone groups is 1. The Morgan fingerprint density at radius 1 is 1.03 bits per heavy atom. The van der Waals surface area contributed by atoms with E-state index in [4.69, 9.17) is 9.84 Å². The van der Waals surface area contributed by atoms with Gasteiger partial charge in [0, 0.05) is 23.8 Å². The van der Waals surface area contributed by atoms with E-state index in [9.17, 15) is 22.8 Å². The smallest absolute Gasteiger partial charge is 0.339 e. The van der Waals surface area contributed by atoms with Crippen LogP contribution in [0.3, 0.4) is 0 Å². The van der Waals surface area contributed by atoms with E-state index in [0.717, 1.165) is 6.26 Å². The standard InChI is InChI=1S/C21H18O7S/c1-29(26,27)16-7-5-13(6-8-16)17-12-28-21(25)20(17)15-4-2-3-14(11-15)18(22)9-10-19(23)24/h2-8,11H,9-10,12H2,1H3,(H,23,24). The van der Waals surface area contributed by atoms with E-state index in [0.29, 0.717) is 27.8 Å². The first-order valence-corrected chi connectivity index (χ1v) is 10.6. The van der Waals surface area contributed by atoms with E-state index in [1.807, 2.05) is 0 Å². The molecule has 2 aromatic carbocycles. The summed E-state index contributed by atoms with van der Waals surface area (Å²) in [6, 6.07) is 12.5. The van der Waals surface area contributed by atoms with Crippen LogP contribution in [0.15, 0.2) is 53.4 Å². The van der Waals surface area contributed by atoms with Gasteiger partial charge in [-0.15, -0.1) is 0 Å². The van der Waals surface area contributed by atoms with Gasteiger partial charge in [-0.25, -0.2) is 13.2 Å². The number of benzene rings is 2. The van der Waals surface area contributed by atoms with Crippen molar-refractivity contribution < 1.29 is 32.6 Å². The molecule has 0 amide bonds. The first kappa shape index (κ1) is 20.5. The molecule has 1 aliphatic rings. The van der Waals surface area contributed by atoms with Crippen LogP contribution in [0.5, 0.6) is 0 Å². The van der Waals surface area contributed by atoms with Crippen molar-refractivity contribution in [3.63, 3.8) is 0 Å². The van der Waals surface area contributed by atoms with E-state index in [1.165, 1.54) is 18.2 Å². The van der Waals surface area contributed by atoms with Crippen LogP contribution in [0.25, 0.3) is 11.1 Å². The van der Waals surface area contributed by atoms with Crippen LogP contribution < -0.4 is 0 Å². The molecule has 1 heterocycles. The van der Waals surface area contributed by atoms with Crippen LogP contribution in [-0.2, 0) is 24.2 Å². The van der Waals surface area contributed by atoms with Gasteiger partial charge in [-0.2, -0.15) is 0 Å². The van der Waals surface area contributed by atoms with Crippen molar-refractivity contribution in [2.24, 2.45) is 0 Å². The molecule has 0 atom stereocenters. The molecular formula is C21H18O7S. The molecule has 0 radical (unpaired) electrons. The van der Waals surface area contributed by atoms with Gasteiger partial charge in [-0.1, -0.05) is 30.3 Å². The predicted octanol–water partition coefficient (Wildman–Crippen LogP) is 2.61. The zero-order chi connectivity index (χ0) is 21.2. The van der Waals surface area contributed by atoms with E-state index in [1.54, 1.807) is 30.3 Å². The maximum atomic E-state index is 12.3. The molecule has 0 saturated heterocycles. The summed E-state index contributed by atoms with van der Waals surface area (Å²) in [6.07, 6.45) is 0.704. The molecule has 1 N–H and O–H groups in total. The fraction of sp³-hybridized carbons (Fsp3) is 0.190. The summed E-state index contributed by atoms with van der Waals surface area (Å²) >= 11 is 0. The highest BCUT2D eigenvalue weighted by atomic mass is 32.2.